The number of carbonyl (C=O) groups is 1. The molecule has 2 aromatic heterocycles. The number of aromatic nitrogens is 3. The van der Waals surface area contributed by atoms with Crippen molar-refractivity contribution in [3.05, 3.63) is 94.5 Å². The molecule has 0 aliphatic rings. The molecule has 4 aromatic rings. The topological polar surface area (TPSA) is 100 Å². The normalized spacial score (nSPS) is 10.7. The summed E-state index contributed by atoms with van der Waals surface area (Å²) in [5.74, 6) is -0.184. The molecule has 0 atom stereocenters. The Balaban J connectivity index is 1.42. The third kappa shape index (κ3) is 5.32. The SMILES string of the molecule is CCN(Cc1nc2ccccc2c(=O)[nH]1)C(=O)Nc1ccc(OCc2ccccn2)c(F)c1. The predicted molar refractivity (Wildman–Crippen MR) is 122 cm³/mol. The number of benzene rings is 2. The van der Waals surface area contributed by atoms with Crippen LogP contribution in [0.1, 0.15) is 18.4 Å². The van der Waals surface area contributed by atoms with Crippen LogP contribution in [0.5, 0.6) is 5.75 Å². The van der Waals surface area contributed by atoms with Crippen molar-refractivity contribution in [3.63, 3.8) is 0 Å². The largest absolute Gasteiger partial charge is 0.484 e. The summed E-state index contributed by atoms with van der Waals surface area (Å²) in [7, 11) is 0. The molecule has 0 fully saturated rings. The summed E-state index contributed by atoms with van der Waals surface area (Å²) in [5.41, 5.74) is 1.24. The van der Waals surface area contributed by atoms with Gasteiger partial charge in [-0.1, -0.05) is 18.2 Å². The number of rotatable bonds is 7. The minimum atomic E-state index is -0.604. The summed E-state index contributed by atoms with van der Waals surface area (Å²) in [6.07, 6.45) is 1.64. The molecule has 2 N–H and O–H groups in total. The maximum absolute atomic E-state index is 14.5. The maximum atomic E-state index is 14.5. The molecule has 2 aromatic carbocycles. The molecule has 2 heterocycles. The molecule has 0 aliphatic heterocycles. The predicted octanol–water partition coefficient (Wildman–Crippen LogP) is 4.09. The second-order valence-corrected chi connectivity index (χ2v) is 7.23. The van der Waals surface area contributed by atoms with E-state index in [1.807, 2.05) is 6.07 Å². The van der Waals surface area contributed by atoms with Crippen LogP contribution in [-0.4, -0.2) is 32.4 Å². The summed E-state index contributed by atoms with van der Waals surface area (Å²) in [6, 6.07) is 16.1. The van der Waals surface area contributed by atoms with E-state index in [4.69, 9.17) is 4.74 Å². The third-order valence-corrected chi connectivity index (χ3v) is 4.96. The number of urea groups is 1. The molecular weight excluding hydrogens is 425 g/mol. The Bertz CT molecular complexity index is 1330. The fraction of sp³-hybridized carbons (Fsp3) is 0.167. The zero-order valence-corrected chi connectivity index (χ0v) is 17.9. The van der Waals surface area contributed by atoms with Crippen LogP contribution in [0, 0.1) is 5.82 Å². The smallest absolute Gasteiger partial charge is 0.322 e. The standard InChI is InChI=1S/C24H22FN5O3/c1-2-30(14-22-28-20-9-4-3-8-18(20)23(31)29-22)24(32)27-16-10-11-21(19(25)13-16)33-15-17-7-5-6-12-26-17/h3-13H,2,14-15H2,1H3,(H,27,32)(H,28,29,31). The lowest BCUT2D eigenvalue weighted by atomic mass is 10.2. The van der Waals surface area contributed by atoms with E-state index in [-0.39, 0.29) is 30.1 Å². The van der Waals surface area contributed by atoms with Crippen molar-refractivity contribution < 1.29 is 13.9 Å². The third-order valence-electron chi connectivity index (χ3n) is 4.96. The van der Waals surface area contributed by atoms with E-state index in [1.165, 1.54) is 17.0 Å². The number of carbonyl (C=O) groups excluding carboxylic acids is 1. The molecule has 9 heteroatoms. The average Bonchev–Trinajstić information content (AvgIpc) is 2.82. The Morgan fingerprint density at radius 2 is 1.97 bits per heavy atom. The first-order valence-corrected chi connectivity index (χ1v) is 10.4. The van der Waals surface area contributed by atoms with Crippen LogP contribution in [0.3, 0.4) is 0 Å². The quantitative estimate of drug-likeness (QED) is 0.445. The summed E-state index contributed by atoms with van der Waals surface area (Å²) in [4.78, 5) is 37.7. The van der Waals surface area contributed by atoms with Crippen LogP contribution >= 0.6 is 0 Å². The monoisotopic (exact) mass is 447 g/mol. The van der Waals surface area contributed by atoms with Crippen molar-refractivity contribution in [2.24, 2.45) is 0 Å². The van der Waals surface area contributed by atoms with Crippen LogP contribution in [0.15, 0.2) is 71.7 Å². The van der Waals surface area contributed by atoms with Gasteiger partial charge in [-0.15, -0.1) is 0 Å². The lowest BCUT2D eigenvalue weighted by molar-refractivity contribution is 0.210. The summed E-state index contributed by atoms with van der Waals surface area (Å²) >= 11 is 0. The fourth-order valence-corrected chi connectivity index (χ4v) is 3.25. The number of fused-ring (bicyclic) bond motifs is 1. The molecule has 2 amide bonds. The highest BCUT2D eigenvalue weighted by Crippen LogP contribution is 2.22. The van der Waals surface area contributed by atoms with Gasteiger partial charge in [0.1, 0.15) is 12.4 Å². The number of para-hydroxylation sites is 1. The molecule has 8 nitrogen and oxygen atoms in total. The van der Waals surface area contributed by atoms with Gasteiger partial charge in [0.25, 0.3) is 5.56 Å². The van der Waals surface area contributed by atoms with Gasteiger partial charge in [-0.2, -0.15) is 0 Å². The molecular formula is C24H22FN5O3. The van der Waals surface area contributed by atoms with E-state index in [0.717, 1.165) is 0 Å². The highest BCUT2D eigenvalue weighted by atomic mass is 19.1. The highest BCUT2D eigenvalue weighted by Gasteiger charge is 2.16. The van der Waals surface area contributed by atoms with E-state index in [0.29, 0.717) is 29.0 Å². The first-order valence-electron chi connectivity index (χ1n) is 10.4. The van der Waals surface area contributed by atoms with Gasteiger partial charge in [0.2, 0.25) is 0 Å². The van der Waals surface area contributed by atoms with Gasteiger partial charge in [-0.05, 0) is 43.3 Å². The van der Waals surface area contributed by atoms with Crippen molar-refractivity contribution >= 4 is 22.6 Å². The van der Waals surface area contributed by atoms with Crippen molar-refractivity contribution in [1.82, 2.24) is 19.9 Å². The number of anilines is 1. The van der Waals surface area contributed by atoms with Crippen molar-refractivity contribution in [3.8, 4) is 5.75 Å². The van der Waals surface area contributed by atoms with Gasteiger partial charge in [0.05, 0.1) is 23.1 Å². The van der Waals surface area contributed by atoms with Crippen molar-refractivity contribution in [2.75, 3.05) is 11.9 Å². The van der Waals surface area contributed by atoms with E-state index in [2.05, 4.69) is 20.3 Å². The zero-order valence-electron chi connectivity index (χ0n) is 17.9. The maximum Gasteiger partial charge on any atom is 0.322 e. The van der Waals surface area contributed by atoms with Crippen LogP contribution in [0.2, 0.25) is 0 Å². The fourth-order valence-electron chi connectivity index (χ4n) is 3.25. The van der Waals surface area contributed by atoms with Gasteiger partial charge in [0, 0.05) is 24.5 Å². The number of halogens is 1. The Labute approximate surface area is 189 Å². The van der Waals surface area contributed by atoms with Crippen LogP contribution < -0.4 is 15.6 Å². The van der Waals surface area contributed by atoms with Gasteiger partial charge < -0.3 is 19.9 Å². The van der Waals surface area contributed by atoms with E-state index in [9.17, 15) is 14.0 Å². The average molecular weight is 447 g/mol. The number of ether oxygens (including phenoxy) is 1. The van der Waals surface area contributed by atoms with E-state index in [1.54, 1.807) is 55.6 Å². The number of nitrogens with one attached hydrogen (secondary N) is 2. The summed E-state index contributed by atoms with van der Waals surface area (Å²) in [5, 5.41) is 3.15. The van der Waals surface area contributed by atoms with Crippen molar-refractivity contribution in [2.45, 2.75) is 20.1 Å². The Hall–Kier alpha value is -4.27. The molecule has 0 spiro atoms. The van der Waals surface area contributed by atoms with Gasteiger partial charge in [-0.25, -0.2) is 14.2 Å². The number of nitrogens with zero attached hydrogens (tertiary/aromatic N) is 3. The molecule has 0 aliphatic carbocycles. The minimum absolute atomic E-state index is 0.0592. The Morgan fingerprint density at radius 1 is 1.15 bits per heavy atom. The second-order valence-electron chi connectivity index (χ2n) is 7.23. The van der Waals surface area contributed by atoms with Crippen LogP contribution in [0.4, 0.5) is 14.9 Å². The minimum Gasteiger partial charge on any atom is -0.484 e. The highest BCUT2D eigenvalue weighted by molar-refractivity contribution is 5.89. The molecule has 168 valence electrons. The lowest BCUT2D eigenvalue weighted by Crippen LogP contribution is -2.35. The molecule has 0 saturated heterocycles. The van der Waals surface area contributed by atoms with E-state index >= 15 is 0 Å². The van der Waals surface area contributed by atoms with Crippen LogP contribution in [0.25, 0.3) is 10.9 Å². The molecule has 0 unspecified atom stereocenters. The summed E-state index contributed by atoms with van der Waals surface area (Å²) in [6.45, 7) is 2.38. The molecule has 4 rings (SSSR count). The Morgan fingerprint density at radius 3 is 2.73 bits per heavy atom. The van der Waals surface area contributed by atoms with Crippen molar-refractivity contribution in [1.29, 1.82) is 0 Å². The number of hydrogen-bond acceptors (Lipinski definition) is 5. The molecule has 33 heavy (non-hydrogen) atoms. The number of amides is 2. The number of aromatic amines is 1. The zero-order chi connectivity index (χ0) is 23.2. The number of H-pyrrole nitrogens is 1. The first-order chi connectivity index (χ1) is 16.0. The lowest BCUT2D eigenvalue weighted by Gasteiger charge is -2.21. The summed E-state index contributed by atoms with van der Waals surface area (Å²) < 4.78 is 19.9. The van der Waals surface area contributed by atoms with E-state index < -0.39 is 11.8 Å². The first kappa shape index (κ1) is 21.9. The second kappa shape index (κ2) is 9.90. The van der Waals surface area contributed by atoms with Crippen LogP contribution in [-0.2, 0) is 13.2 Å². The number of hydrogen-bond donors (Lipinski definition) is 2. The molecule has 0 bridgehead atoms. The molecule has 0 saturated carbocycles. The van der Waals surface area contributed by atoms with Gasteiger partial charge in [-0.3, -0.25) is 9.78 Å². The molecule has 0 radical (unpaired) electrons. The van der Waals surface area contributed by atoms with Gasteiger partial charge >= 0.3 is 6.03 Å². The number of pyridine rings is 1. The Kier molecular flexibility index (Phi) is 6.58. The van der Waals surface area contributed by atoms with Gasteiger partial charge in [0.15, 0.2) is 11.6 Å².